The number of carboxylic acid groups (broad SMARTS) is 1. The van der Waals surface area contributed by atoms with Crippen LogP contribution in [-0.4, -0.2) is 39.0 Å². The average molecular weight is 315 g/mol. The third kappa shape index (κ3) is 2.75. The number of hydrogen-bond acceptors (Lipinski definition) is 2. The summed E-state index contributed by atoms with van der Waals surface area (Å²) in [6.45, 7) is 2.84. The lowest BCUT2D eigenvalue weighted by Crippen LogP contribution is -2.35. The summed E-state index contributed by atoms with van der Waals surface area (Å²) in [7, 11) is 0. The van der Waals surface area contributed by atoms with Gasteiger partial charge in [0.05, 0.1) is 10.2 Å². The molecule has 0 aliphatic heterocycles. The lowest BCUT2D eigenvalue weighted by molar-refractivity contribution is -0.132. The molecule has 98 valence electrons. The molecule has 0 radical (unpaired) electrons. The molecule has 0 bridgehead atoms. The number of hydrogen-bond donors (Lipinski definition) is 1. The van der Waals surface area contributed by atoms with E-state index in [4.69, 9.17) is 5.11 Å². The van der Waals surface area contributed by atoms with Crippen LogP contribution in [0.15, 0.2) is 16.9 Å². The van der Waals surface area contributed by atoms with E-state index in [1.54, 1.807) is 4.57 Å². The summed E-state index contributed by atoms with van der Waals surface area (Å²) in [5.74, 6) is -0.954. The molecule has 1 saturated carbocycles. The average Bonchev–Trinajstić information content (AvgIpc) is 3.06. The summed E-state index contributed by atoms with van der Waals surface area (Å²) < 4.78 is 2.23. The van der Waals surface area contributed by atoms with Crippen LogP contribution in [0, 0.1) is 0 Å². The van der Waals surface area contributed by atoms with E-state index in [1.807, 2.05) is 11.8 Å². The van der Waals surface area contributed by atoms with Crippen LogP contribution in [0.2, 0.25) is 0 Å². The number of rotatable bonds is 5. The molecule has 0 spiro atoms. The predicted octanol–water partition coefficient (Wildman–Crippen LogP) is 1.96. The van der Waals surface area contributed by atoms with Crippen LogP contribution in [0.25, 0.3) is 0 Å². The molecule has 18 heavy (non-hydrogen) atoms. The Labute approximate surface area is 114 Å². The maximum Gasteiger partial charge on any atom is 0.337 e. The Morgan fingerprint density at radius 1 is 1.56 bits per heavy atom. The van der Waals surface area contributed by atoms with Crippen molar-refractivity contribution in [3.8, 4) is 0 Å². The van der Waals surface area contributed by atoms with Crippen LogP contribution in [0.5, 0.6) is 0 Å². The van der Waals surface area contributed by atoms with Gasteiger partial charge in [0.15, 0.2) is 0 Å². The first-order chi connectivity index (χ1) is 8.52. The minimum atomic E-state index is -0.989. The molecule has 0 unspecified atom stereocenters. The van der Waals surface area contributed by atoms with E-state index in [-0.39, 0.29) is 18.0 Å². The maximum absolute atomic E-state index is 12.1. The molecule has 1 amide bonds. The molecule has 1 aliphatic rings. The normalized spacial score (nSPS) is 14.6. The van der Waals surface area contributed by atoms with Gasteiger partial charge in [-0.05, 0) is 41.8 Å². The number of halogens is 1. The van der Waals surface area contributed by atoms with Crippen LogP contribution in [0.1, 0.15) is 30.1 Å². The smallest absolute Gasteiger partial charge is 0.337 e. The summed E-state index contributed by atoms with van der Waals surface area (Å²) in [6, 6.07) is 1.89. The van der Waals surface area contributed by atoms with Gasteiger partial charge in [0.2, 0.25) is 5.91 Å². The van der Waals surface area contributed by atoms with Gasteiger partial charge in [0, 0.05) is 18.8 Å². The summed E-state index contributed by atoms with van der Waals surface area (Å²) in [5, 5.41) is 8.88. The summed E-state index contributed by atoms with van der Waals surface area (Å²) in [6.07, 6.45) is 3.63. The van der Waals surface area contributed by atoms with Gasteiger partial charge in [0.1, 0.15) is 6.54 Å². The van der Waals surface area contributed by atoms with Gasteiger partial charge in [-0.15, -0.1) is 0 Å². The summed E-state index contributed by atoms with van der Waals surface area (Å²) in [4.78, 5) is 24.8. The molecule has 5 nitrogen and oxygen atoms in total. The largest absolute Gasteiger partial charge is 0.478 e. The van der Waals surface area contributed by atoms with E-state index in [2.05, 4.69) is 15.9 Å². The van der Waals surface area contributed by atoms with Crippen LogP contribution in [0.4, 0.5) is 0 Å². The molecule has 6 heteroatoms. The first-order valence-electron chi connectivity index (χ1n) is 5.91. The number of carbonyl (C=O) groups excluding carboxylic acids is 1. The number of nitrogens with zero attached hydrogens (tertiary/aromatic N) is 2. The van der Waals surface area contributed by atoms with Gasteiger partial charge in [-0.2, -0.15) is 0 Å². The van der Waals surface area contributed by atoms with Crippen LogP contribution in [0.3, 0.4) is 0 Å². The van der Waals surface area contributed by atoms with Crippen LogP contribution >= 0.6 is 15.9 Å². The van der Waals surface area contributed by atoms with Crippen molar-refractivity contribution in [1.29, 1.82) is 0 Å². The standard InChI is InChI=1S/C12H15BrN2O3/c1-2-15(9-3-4-9)11(16)7-14-6-8(12(17)18)5-10(14)13/h5-6,9H,2-4,7H2,1H3,(H,17,18). The molecule has 2 rings (SSSR count). The topological polar surface area (TPSA) is 62.5 Å². The zero-order chi connectivity index (χ0) is 13.3. The molecular weight excluding hydrogens is 300 g/mol. The summed E-state index contributed by atoms with van der Waals surface area (Å²) in [5.41, 5.74) is 0.184. The van der Waals surface area contributed by atoms with E-state index < -0.39 is 5.97 Å². The lowest BCUT2D eigenvalue weighted by atomic mass is 10.3. The highest BCUT2D eigenvalue weighted by Gasteiger charge is 2.31. The van der Waals surface area contributed by atoms with Crippen LogP contribution in [-0.2, 0) is 11.3 Å². The Hall–Kier alpha value is -1.30. The van der Waals surface area contributed by atoms with Gasteiger partial charge in [-0.25, -0.2) is 4.79 Å². The molecule has 1 heterocycles. The van der Waals surface area contributed by atoms with E-state index in [0.717, 1.165) is 12.8 Å². The minimum Gasteiger partial charge on any atom is -0.478 e. The Morgan fingerprint density at radius 2 is 2.22 bits per heavy atom. The number of likely N-dealkylation sites (N-methyl/N-ethyl adjacent to an activating group) is 1. The zero-order valence-corrected chi connectivity index (χ0v) is 11.7. The van der Waals surface area contributed by atoms with Gasteiger partial charge >= 0.3 is 5.97 Å². The monoisotopic (exact) mass is 314 g/mol. The fraction of sp³-hybridized carbons (Fsp3) is 0.500. The SMILES string of the molecule is CCN(C(=O)Cn1cc(C(=O)O)cc1Br)C1CC1. The third-order valence-corrected chi connectivity index (χ3v) is 3.73. The Kier molecular flexibility index (Phi) is 3.75. The molecular formula is C12H15BrN2O3. The minimum absolute atomic E-state index is 0.0354. The molecule has 1 aromatic heterocycles. The summed E-state index contributed by atoms with van der Waals surface area (Å²) >= 11 is 3.27. The highest BCUT2D eigenvalue weighted by molar-refractivity contribution is 9.10. The van der Waals surface area contributed by atoms with Crippen molar-refractivity contribution < 1.29 is 14.7 Å². The predicted molar refractivity (Wildman–Crippen MR) is 69.5 cm³/mol. The molecule has 0 saturated heterocycles. The Morgan fingerprint density at radius 3 is 2.67 bits per heavy atom. The highest BCUT2D eigenvalue weighted by atomic mass is 79.9. The molecule has 0 aromatic carbocycles. The fourth-order valence-corrected chi connectivity index (χ4v) is 2.45. The van der Waals surface area contributed by atoms with Crippen LogP contribution < -0.4 is 0 Å². The van der Waals surface area contributed by atoms with Crippen molar-refractivity contribution in [2.75, 3.05) is 6.54 Å². The third-order valence-electron chi connectivity index (χ3n) is 3.05. The zero-order valence-electron chi connectivity index (χ0n) is 10.1. The Balaban J connectivity index is 2.08. The highest BCUT2D eigenvalue weighted by Crippen LogP contribution is 2.27. The first-order valence-corrected chi connectivity index (χ1v) is 6.70. The number of carbonyl (C=O) groups is 2. The maximum atomic E-state index is 12.1. The molecule has 1 aromatic rings. The van der Waals surface area contributed by atoms with Crippen molar-refractivity contribution in [1.82, 2.24) is 9.47 Å². The van der Waals surface area contributed by atoms with Crippen molar-refractivity contribution in [2.24, 2.45) is 0 Å². The first kappa shape index (κ1) is 13.1. The second kappa shape index (κ2) is 5.14. The number of amides is 1. The molecule has 1 fully saturated rings. The molecule has 1 aliphatic carbocycles. The van der Waals surface area contributed by atoms with Crippen molar-refractivity contribution in [3.63, 3.8) is 0 Å². The Bertz CT molecular complexity index is 480. The van der Waals surface area contributed by atoms with E-state index in [0.29, 0.717) is 17.2 Å². The quantitative estimate of drug-likeness (QED) is 0.903. The second-order valence-electron chi connectivity index (χ2n) is 4.40. The van der Waals surface area contributed by atoms with Crippen molar-refractivity contribution in [2.45, 2.75) is 32.4 Å². The second-order valence-corrected chi connectivity index (χ2v) is 5.21. The fourth-order valence-electron chi connectivity index (χ4n) is 1.98. The number of carboxylic acids is 1. The van der Waals surface area contributed by atoms with Crippen molar-refractivity contribution >= 4 is 27.8 Å². The lowest BCUT2D eigenvalue weighted by Gasteiger charge is -2.20. The van der Waals surface area contributed by atoms with E-state index >= 15 is 0 Å². The van der Waals surface area contributed by atoms with Gasteiger partial charge < -0.3 is 14.6 Å². The van der Waals surface area contributed by atoms with E-state index in [1.165, 1.54) is 12.3 Å². The molecule has 1 N–H and O–H groups in total. The number of aromatic nitrogens is 1. The van der Waals surface area contributed by atoms with Gasteiger partial charge in [-0.3, -0.25) is 4.79 Å². The molecule has 0 atom stereocenters. The van der Waals surface area contributed by atoms with E-state index in [9.17, 15) is 9.59 Å². The van der Waals surface area contributed by atoms with Gasteiger partial charge in [-0.1, -0.05) is 0 Å². The van der Waals surface area contributed by atoms with Crippen molar-refractivity contribution in [3.05, 3.63) is 22.4 Å². The van der Waals surface area contributed by atoms with Gasteiger partial charge in [0.25, 0.3) is 0 Å². The number of aromatic carboxylic acids is 1.